The highest BCUT2D eigenvalue weighted by molar-refractivity contribution is 5.69. The third-order valence-corrected chi connectivity index (χ3v) is 3.13. The maximum atomic E-state index is 11.0. The average Bonchev–Trinajstić information content (AvgIpc) is 2.89. The molecule has 1 aromatic carbocycles. The van der Waals surface area contributed by atoms with Crippen LogP contribution < -0.4 is 0 Å². The molecule has 0 unspecified atom stereocenters. The van der Waals surface area contributed by atoms with Crippen LogP contribution in [0.3, 0.4) is 0 Å². The van der Waals surface area contributed by atoms with Crippen LogP contribution in [0.15, 0.2) is 46.9 Å². The van der Waals surface area contributed by atoms with Crippen LogP contribution in [0.5, 0.6) is 0 Å². The number of methoxy groups -OCH3 is 1. The average molecular weight is 285 g/mol. The molecule has 0 fully saturated rings. The van der Waals surface area contributed by atoms with Gasteiger partial charge in [-0.15, -0.1) is 0 Å². The lowest BCUT2D eigenvalue weighted by molar-refractivity contribution is -0.140. The monoisotopic (exact) mass is 285 g/mol. The van der Waals surface area contributed by atoms with Gasteiger partial charge in [-0.1, -0.05) is 30.4 Å². The van der Waals surface area contributed by atoms with Gasteiger partial charge in [-0.2, -0.15) is 0 Å². The Morgan fingerprint density at radius 2 is 2.05 bits per heavy atom. The standard InChI is InChI=1S/C17H19NO3/c1-13-15(11-7-4-8-12-16(19)20-2)18-17(21-13)14-9-5-3-6-10-14/h3-7,9-10H,8,11-12H2,1-2H3/b7-4+. The van der Waals surface area contributed by atoms with Crippen LogP contribution in [-0.2, 0) is 16.0 Å². The summed E-state index contributed by atoms with van der Waals surface area (Å²) >= 11 is 0. The molecule has 0 aliphatic rings. The van der Waals surface area contributed by atoms with Crippen LogP contribution in [-0.4, -0.2) is 18.1 Å². The Hall–Kier alpha value is -2.36. The molecule has 0 N–H and O–H groups in total. The van der Waals surface area contributed by atoms with Gasteiger partial charge < -0.3 is 9.15 Å². The van der Waals surface area contributed by atoms with Gasteiger partial charge in [0.05, 0.1) is 12.8 Å². The fourth-order valence-corrected chi connectivity index (χ4v) is 1.94. The van der Waals surface area contributed by atoms with Crippen LogP contribution in [0.25, 0.3) is 11.5 Å². The number of hydrogen-bond donors (Lipinski definition) is 0. The zero-order valence-electron chi connectivity index (χ0n) is 12.3. The third kappa shape index (κ3) is 4.31. The van der Waals surface area contributed by atoms with Crippen molar-refractivity contribution < 1.29 is 13.9 Å². The van der Waals surface area contributed by atoms with Gasteiger partial charge in [0.2, 0.25) is 5.89 Å². The number of ether oxygens (including phenoxy) is 1. The number of nitrogens with zero attached hydrogens (tertiary/aromatic N) is 1. The highest BCUT2D eigenvalue weighted by atomic mass is 16.5. The Morgan fingerprint density at radius 1 is 1.29 bits per heavy atom. The van der Waals surface area contributed by atoms with Crippen molar-refractivity contribution in [3.8, 4) is 11.5 Å². The summed E-state index contributed by atoms with van der Waals surface area (Å²) in [6.45, 7) is 1.91. The van der Waals surface area contributed by atoms with Crippen molar-refractivity contribution in [3.63, 3.8) is 0 Å². The molecule has 0 atom stereocenters. The van der Waals surface area contributed by atoms with Crippen molar-refractivity contribution in [2.45, 2.75) is 26.2 Å². The highest BCUT2D eigenvalue weighted by Crippen LogP contribution is 2.21. The summed E-state index contributed by atoms with van der Waals surface area (Å²) in [6, 6.07) is 9.83. The minimum atomic E-state index is -0.191. The second-order valence-corrected chi connectivity index (χ2v) is 4.68. The number of esters is 1. The zero-order valence-corrected chi connectivity index (χ0v) is 12.3. The van der Waals surface area contributed by atoms with Crippen LogP contribution in [0, 0.1) is 6.92 Å². The van der Waals surface area contributed by atoms with Crippen molar-refractivity contribution in [1.82, 2.24) is 4.98 Å². The maximum absolute atomic E-state index is 11.0. The maximum Gasteiger partial charge on any atom is 0.305 e. The fraction of sp³-hybridized carbons (Fsp3) is 0.294. The molecule has 0 bridgehead atoms. The smallest absolute Gasteiger partial charge is 0.305 e. The van der Waals surface area contributed by atoms with Gasteiger partial charge in [-0.25, -0.2) is 4.98 Å². The molecule has 0 saturated heterocycles. The number of oxazole rings is 1. The number of rotatable bonds is 6. The topological polar surface area (TPSA) is 52.3 Å². The molecule has 0 amide bonds. The fourth-order valence-electron chi connectivity index (χ4n) is 1.94. The van der Waals surface area contributed by atoms with Gasteiger partial charge >= 0.3 is 5.97 Å². The number of hydrogen-bond acceptors (Lipinski definition) is 4. The Balaban J connectivity index is 1.94. The molecule has 2 aromatic rings. The van der Waals surface area contributed by atoms with E-state index in [0.717, 1.165) is 17.0 Å². The number of benzene rings is 1. The van der Waals surface area contributed by atoms with Crippen molar-refractivity contribution in [2.24, 2.45) is 0 Å². The summed E-state index contributed by atoms with van der Waals surface area (Å²) in [5.41, 5.74) is 1.89. The molecule has 0 aliphatic heterocycles. The van der Waals surface area contributed by atoms with Gasteiger partial charge in [0.25, 0.3) is 0 Å². The summed E-state index contributed by atoms with van der Waals surface area (Å²) in [5, 5.41) is 0. The van der Waals surface area contributed by atoms with Crippen LogP contribution >= 0.6 is 0 Å². The molecule has 4 heteroatoms. The Bertz CT molecular complexity index is 614. The van der Waals surface area contributed by atoms with Gasteiger partial charge in [-0.05, 0) is 25.5 Å². The lowest BCUT2D eigenvalue weighted by atomic mass is 10.2. The molecule has 0 aliphatic carbocycles. The van der Waals surface area contributed by atoms with Gasteiger partial charge in [0, 0.05) is 18.4 Å². The molecule has 1 aromatic heterocycles. The van der Waals surface area contributed by atoms with Crippen molar-refractivity contribution in [2.75, 3.05) is 7.11 Å². The summed E-state index contributed by atoms with van der Waals surface area (Å²) in [7, 11) is 1.40. The van der Waals surface area contributed by atoms with E-state index in [0.29, 0.717) is 25.2 Å². The number of allylic oxidation sites excluding steroid dienone is 2. The summed E-state index contributed by atoms with van der Waals surface area (Å²) in [5.74, 6) is 1.28. The van der Waals surface area contributed by atoms with Crippen LogP contribution in [0.4, 0.5) is 0 Å². The third-order valence-electron chi connectivity index (χ3n) is 3.13. The molecule has 4 nitrogen and oxygen atoms in total. The Labute approximate surface area is 124 Å². The predicted molar refractivity (Wildman–Crippen MR) is 80.8 cm³/mol. The van der Waals surface area contributed by atoms with E-state index in [1.54, 1.807) is 0 Å². The van der Waals surface area contributed by atoms with Crippen LogP contribution in [0.1, 0.15) is 24.3 Å². The first-order chi connectivity index (χ1) is 10.2. The lowest BCUT2D eigenvalue weighted by Gasteiger charge is -1.94. The van der Waals surface area contributed by atoms with Crippen molar-refractivity contribution >= 4 is 5.97 Å². The molecule has 1 heterocycles. The number of carbonyl (C=O) groups is 1. The van der Waals surface area contributed by atoms with Gasteiger partial charge in [0.1, 0.15) is 5.76 Å². The number of aryl methyl sites for hydroxylation is 1. The van der Waals surface area contributed by atoms with E-state index in [-0.39, 0.29) is 5.97 Å². The number of aromatic nitrogens is 1. The van der Waals surface area contributed by atoms with Crippen molar-refractivity contribution in [1.29, 1.82) is 0 Å². The first-order valence-corrected chi connectivity index (χ1v) is 6.94. The molecule has 0 saturated carbocycles. The molecule has 0 radical (unpaired) electrons. The molecule has 110 valence electrons. The Morgan fingerprint density at radius 3 is 2.76 bits per heavy atom. The molecule has 2 rings (SSSR count). The van der Waals surface area contributed by atoms with Crippen molar-refractivity contribution in [3.05, 3.63) is 53.9 Å². The van der Waals surface area contributed by atoms with E-state index in [1.807, 2.05) is 49.4 Å². The van der Waals surface area contributed by atoms with Gasteiger partial charge in [0.15, 0.2) is 0 Å². The van der Waals surface area contributed by atoms with Crippen LogP contribution in [0.2, 0.25) is 0 Å². The van der Waals surface area contributed by atoms with E-state index in [4.69, 9.17) is 4.42 Å². The van der Waals surface area contributed by atoms with E-state index in [1.165, 1.54) is 7.11 Å². The van der Waals surface area contributed by atoms with E-state index >= 15 is 0 Å². The number of carbonyl (C=O) groups excluding carboxylic acids is 1. The largest absolute Gasteiger partial charge is 0.469 e. The van der Waals surface area contributed by atoms with E-state index < -0.39 is 0 Å². The SMILES string of the molecule is COC(=O)CC/C=C/Cc1nc(-c2ccccc2)oc1C. The minimum Gasteiger partial charge on any atom is -0.469 e. The van der Waals surface area contributed by atoms with Gasteiger partial charge in [-0.3, -0.25) is 4.79 Å². The first-order valence-electron chi connectivity index (χ1n) is 6.94. The molecule has 21 heavy (non-hydrogen) atoms. The molecule has 0 spiro atoms. The first kappa shape index (κ1) is 15.0. The summed E-state index contributed by atoms with van der Waals surface area (Å²) in [6.07, 6.45) is 5.74. The Kier molecular flexibility index (Phi) is 5.32. The van der Waals surface area contributed by atoms with E-state index in [2.05, 4.69) is 9.72 Å². The predicted octanol–water partition coefficient (Wildman–Crippen LogP) is 3.70. The second kappa shape index (κ2) is 7.43. The molecular formula is C17H19NO3. The van der Waals surface area contributed by atoms with E-state index in [9.17, 15) is 4.79 Å². The second-order valence-electron chi connectivity index (χ2n) is 4.68. The highest BCUT2D eigenvalue weighted by Gasteiger charge is 2.09. The quantitative estimate of drug-likeness (QED) is 0.600. The zero-order chi connectivity index (χ0) is 15.1. The minimum absolute atomic E-state index is 0.191. The summed E-state index contributed by atoms with van der Waals surface area (Å²) in [4.78, 5) is 15.5. The lowest BCUT2D eigenvalue weighted by Crippen LogP contribution is -1.98. The normalized spacial score (nSPS) is 11.0. The molecular weight excluding hydrogens is 266 g/mol. The summed E-state index contributed by atoms with van der Waals surface area (Å²) < 4.78 is 10.3.